The third-order valence-electron chi connectivity index (χ3n) is 3.59. The van der Waals surface area contributed by atoms with Gasteiger partial charge in [0.1, 0.15) is 0 Å². The van der Waals surface area contributed by atoms with Crippen molar-refractivity contribution in [2.45, 2.75) is 4.90 Å². The van der Waals surface area contributed by atoms with Crippen LogP contribution in [0.5, 0.6) is 0 Å². The summed E-state index contributed by atoms with van der Waals surface area (Å²) in [4.78, 5) is 15.9. The number of Topliss-reactive ketones (excluding diaryl/α,β-unsaturated/α-hetero) is 1. The molecule has 124 valence electrons. The molecular weight excluding hydrogens is 394 g/mol. The van der Waals surface area contributed by atoms with E-state index in [1.54, 1.807) is 36.7 Å². The maximum Gasteiger partial charge on any atom is 0.261 e. The fourth-order valence-corrected chi connectivity index (χ4v) is 3.70. The van der Waals surface area contributed by atoms with Gasteiger partial charge in [-0.15, -0.1) is 0 Å². The van der Waals surface area contributed by atoms with E-state index in [2.05, 4.69) is 25.6 Å². The minimum absolute atomic E-state index is 0.0648. The molecule has 8 heteroatoms. The van der Waals surface area contributed by atoms with Crippen LogP contribution < -0.4 is 4.72 Å². The first-order chi connectivity index (χ1) is 11.4. The second-order valence-corrected chi connectivity index (χ2v) is 7.49. The van der Waals surface area contributed by atoms with Gasteiger partial charge in [0.05, 0.1) is 27.6 Å². The van der Waals surface area contributed by atoms with Crippen molar-refractivity contribution in [3.8, 4) is 0 Å². The highest BCUT2D eigenvalue weighted by Crippen LogP contribution is 2.21. The Kier molecular flexibility index (Phi) is 4.42. The molecule has 0 amide bonds. The number of carbonyl (C=O) groups is 1. The molecule has 2 aromatic carbocycles. The molecule has 3 aromatic rings. The van der Waals surface area contributed by atoms with Crippen molar-refractivity contribution >= 4 is 48.5 Å². The van der Waals surface area contributed by atoms with Crippen LogP contribution in [0.4, 0.5) is 5.69 Å². The smallest absolute Gasteiger partial charge is 0.261 e. The van der Waals surface area contributed by atoms with Crippen molar-refractivity contribution in [1.29, 1.82) is 0 Å². The number of nitrogens with zero attached hydrogens (tertiary/aromatic N) is 2. The summed E-state index contributed by atoms with van der Waals surface area (Å²) in [6.45, 7) is 0. The van der Waals surface area contributed by atoms with Crippen LogP contribution in [-0.2, 0) is 17.1 Å². The fourth-order valence-electron chi connectivity index (χ4n) is 2.30. The van der Waals surface area contributed by atoms with Crippen molar-refractivity contribution in [2.75, 3.05) is 10.1 Å². The van der Waals surface area contributed by atoms with Crippen molar-refractivity contribution in [2.24, 2.45) is 7.05 Å². The molecule has 0 spiro atoms. The molecule has 24 heavy (non-hydrogen) atoms. The molecule has 0 fully saturated rings. The van der Waals surface area contributed by atoms with Crippen LogP contribution in [0.3, 0.4) is 0 Å². The minimum atomic E-state index is -3.73. The Hall–Kier alpha value is -2.19. The number of hydrogen-bond donors (Lipinski definition) is 1. The van der Waals surface area contributed by atoms with E-state index >= 15 is 0 Å². The maximum atomic E-state index is 12.5. The van der Waals surface area contributed by atoms with Gasteiger partial charge in [0, 0.05) is 18.3 Å². The summed E-state index contributed by atoms with van der Waals surface area (Å²) >= 11 is 3.10. The van der Waals surface area contributed by atoms with Gasteiger partial charge < -0.3 is 4.57 Å². The number of aryl methyl sites for hydroxylation is 1. The van der Waals surface area contributed by atoms with Gasteiger partial charge in [0.15, 0.2) is 5.78 Å². The molecule has 0 bridgehead atoms. The van der Waals surface area contributed by atoms with Crippen molar-refractivity contribution < 1.29 is 13.2 Å². The van der Waals surface area contributed by atoms with Crippen LogP contribution in [0, 0.1) is 0 Å². The van der Waals surface area contributed by atoms with Gasteiger partial charge >= 0.3 is 0 Å². The van der Waals surface area contributed by atoms with Gasteiger partial charge in [-0.1, -0.05) is 15.9 Å². The molecule has 3 rings (SSSR count). The number of fused-ring (bicyclic) bond motifs is 1. The van der Waals surface area contributed by atoms with E-state index in [1.165, 1.54) is 12.1 Å². The molecule has 0 unspecified atom stereocenters. The topological polar surface area (TPSA) is 81.1 Å². The quantitative estimate of drug-likeness (QED) is 0.520. The highest BCUT2D eigenvalue weighted by molar-refractivity contribution is 9.09. The first kappa shape index (κ1) is 16.7. The van der Waals surface area contributed by atoms with Gasteiger partial charge in [-0.2, -0.15) is 0 Å². The number of carbonyl (C=O) groups excluding carboxylic acids is 1. The number of halogens is 1. The van der Waals surface area contributed by atoms with E-state index in [4.69, 9.17) is 0 Å². The molecular formula is C16H14BrN3O3S. The van der Waals surface area contributed by atoms with Gasteiger partial charge in [0.2, 0.25) is 0 Å². The Morgan fingerprint density at radius 1 is 1.21 bits per heavy atom. The predicted molar refractivity (Wildman–Crippen MR) is 96.1 cm³/mol. The molecule has 0 aliphatic carbocycles. The number of sulfonamides is 1. The standard InChI is InChI=1S/C16H14BrN3O3S/c1-20-10-18-14-8-13(6-7-15(14)20)24(22,23)19-12-4-2-11(3-5-12)16(21)9-17/h2-8,10,19H,9H2,1H3. The van der Waals surface area contributed by atoms with E-state index in [-0.39, 0.29) is 16.0 Å². The summed E-state index contributed by atoms with van der Waals surface area (Å²) in [5.41, 5.74) is 2.37. The first-order valence-electron chi connectivity index (χ1n) is 7.04. The lowest BCUT2D eigenvalue weighted by atomic mass is 10.1. The predicted octanol–water partition coefficient (Wildman–Crippen LogP) is 2.95. The minimum Gasteiger partial charge on any atom is -0.334 e. The molecule has 6 nitrogen and oxygen atoms in total. The van der Waals surface area contributed by atoms with Crippen LogP contribution >= 0.6 is 15.9 Å². The van der Waals surface area contributed by atoms with Crippen molar-refractivity contribution in [1.82, 2.24) is 9.55 Å². The number of anilines is 1. The lowest BCUT2D eigenvalue weighted by Gasteiger charge is -2.09. The Bertz CT molecular complexity index is 1010. The van der Waals surface area contributed by atoms with Gasteiger partial charge in [-0.25, -0.2) is 13.4 Å². The van der Waals surface area contributed by atoms with Crippen LogP contribution in [0.1, 0.15) is 10.4 Å². The number of imidazole rings is 1. The summed E-state index contributed by atoms with van der Waals surface area (Å²) in [7, 11) is -1.88. The SMILES string of the molecule is Cn1cnc2cc(S(=O)(=O)Nc3ccc(C(=O)CBr)cc3)ccc21. The Morgan fingerprint density at radius 2 is 1.92 bits per heavy atom. The molecule has 0 saturated heterocycles. The van der Waals surface area contributed by atoms with E-state index < -0.39 is 10.0 Å². The Labute approximate surface area is 147 Å². The Morgan fingerprint density at radius 3 is 2.58 bits per heavy atom. The second kappa shape index (κ2) is 6.37. The molecule has 1 N–H and O–H groups in total. The number of ketones is 1. The van der Waals surface area contributed by atoms with Crippen LogP contribution in [0.2, 0.25) is 0 Å². The van der Waals surface area contributed by atoms with Gasteiger partial charge in [-0.05, 0) is 42.5 Å². The third kappa shape index (κ3) is 3.20. The van der Waals surface area contributed by atoms with Crippen LogP contribution in [0.25, 0.3) is 11.0 Å². The summed E-state index contributed by atoms with van der Waals surface area (Å²) in [6, 6.07) is 11.1. The largest absolute Gasteiger partial charge is 0.334 e. The third-order valence-corrected chi connectivity index (χ3v) is 5.48. The zero-order chi connectivity index (χ0) is 17.3. The summed E-state index contributed by atoms with van der Waals surface area (Å²) < 4.78 is 29.3. The zero-order valence-electron chi connectivity index (χ0n) is 12.7. The summed E-state index contributed by atoms with van der Waals surface area (Å²) in [6.07, 6.45) is 1.63. The average Bonchev–Trinajstić information content (AvgIpc) is 2.95. The van der Waals surface area contributed by atoms with Gasteiger partial charge in [-0.3, -0.25) is 9.52 Å². The lowest BCUT2D eigenvalue weighted by molar-refractivity contribution is 0.102. The monoisotopic (exact) mass is 407 g/mol. The fraction of sp³-hybridized carbons (Fsp3) is 0.125. The van der Waals surface area contributed by atoms with E-state index in [9.17, 15) is 13.2 Å². The normalized spacial score (nSPS) is 11.6. The molecule has 1 heterocycles. The number of rotatable bonds is 5. The van der Waals surface area contributed by atoms with E-state index in [0.29, 0.717) is 16.8 Å². The second-order valence-electron chi connectivity index (χ2n) is 5.25. The zero-order valence-corrected chi connectivity index (χ0v) is 15.1. The highest BCUT2D eigenvalue weighted by Gasteiger charge is 2.16. The van der Waals surface area contributed by atoms with Gasteiger partial charge in [0.25, 0.3) is 10.0 Å². The van der Waals surface area contributed by atoms with Crippen molar-refractivity contribution in [3.63, 3.8) is 0 Å². The van der Waals surface area contributed by atoms with Crippen LogP contribution in [-0.4, -0.2) is 29.1 Å². The van der Waals surface area contributed by atoms with Crippen molar-refractivity contribution in [3.05, 3.63) is 54.4 Å². The molecule has 0 radical (unpaired) electrons. The number of alkyl halides is 1. The average molecular weight is 408 g/mol. The first-order valence-corrected chi connectivity index (χ1v) is 9.64. The molecule has 0 atom stereocenters. The maximum absolute atomic E-state index is 12.5. The molecule has 0 aliphatic heterocycles. The number of aromatic nitrogens is 2. The number of nitrogens with one attached hydrogen (secondary N) is 1. The van der Waals surface area contributed by atoms with E-state index in [1.807, 2.05) is 11.6 Å². The Balaban J connectivity index is 1.88. The number of hydrogen-bond acceptors (Lipinski definition) is 4. The van der Waals surface area contributed by atoms with E-state index in [0.717, 1.165) is 5.52 Å². The summed E-state index contributed by atoms with van der Waals surface area (Å²) in [5, 5.41) is 0.224. The summed E-state index contributed by atoms with van der Waals surface area (Å²) in [5.74, 6) is -0.0648. The number of benzene rings is 2. The molecule has 0 aliphatic rings. The molecule has 0 saturated carbocycles. The molecule has 1 aromatic heterocycles. The highest BCUT2D eigenvalue weighted by atomic mass is 79.9. The van der Waals surface area contributed by atoms with Crippen LogP contribution in [0.15, 0.2) is 53.7 Å². The lowest BCUT2D eigenvalue weighted by Crippen LogP contribution is -2.13.